The van der Waals surface area contributed by atoms with Gasteiger partial charge in [0.1, 0.15) is 0 Å². The highest BCUT2D eigenvalue weighted by Crippen LogP contribution is 2.30. The van der Waals surface area contributed by atoms with E-state index in [1.54, 1.807) is 17.4 Å². The van der Waals surface area contributed by atoms with Crippen LogP contribution in [0.15, 0.2) is 18.2 Å². The van der Waals surface area contributed by atoms with Crippen LogP contribution < -0.4 is 5.32 Å². The summed E-state index contributed by atoms with van der Waals surface area (Å²) in [6, 6.07) is 4.02. The minimum Gasteiger partial charge on any atom is -0.388 e. The lowest BCUT2D eigenvalue weighted by molar-refractivity contribution is -0.118. The summed E-state index contributed by atoms with van der Waals surface area (Å²) in [5.74, 6) is -0.142. The monoisotopic (exact) mass is 251 g/mol. The molecule has 0 aliphatic heterocycles. The average molecular weight is 251 g/mol. The summed E-state index contributed by atoms with van der Waals surface area (Å²) < 4.78 is 0. The van der Waals surface area contributed by atoms with Crippen molar-refractivity contribution in [1.82, 2.24) is 5.32 Å². The lowest BCUT2D eigenvalue weighted by Crippen LogP contribution is -2.47. The number of hydrogen-bond donors (Lipinski definition) is 2. The standard InChI is InChI=1S/C13H17NO2S/c1-10-3-4-11(17-10)5-6-12(15)14-9-13(16)7-2-8-13/h3-6,16H,2,7-9H2,1H3,(H,14,15)/b6-5+. The molecule has 1 aromatic heterocycles. The third-order valence-corrected chi connectivity index (χ3v) is 4.00. The number of nitrogens with one attached hydrogen (secondary N) is 1. The van der Waals surface area contributed by atoms with E-state index in [-0.39, 0.29) is 5.91 Å². The Morgan fingerprint density at radius 3 is 2.88 bits per heavy atom. The second-order valence-corrected chi connectivity index (χ2v) is 5.90. The molecule has 1 heterocycles. The number of aryl methyl sites for hydroxylation is 1. The largest absolute Gasteiger partial charge is 0.388 e. The van der Waals surface area contributed by atoms with Crippen molar-refractivity contribution in [1.29, 1.82) is 0 Å². The molecule has 17 heavy (non-hydrogen) atoms. The maximum atomic E-state index is 11.5. The average Bonchev–Trinajstić information content (AvgIpc) is 2.67. The van der Waals surface area contributed by atoms with Crippen molar-refractivity contribution < 1.29 is 9.90 Å². The zero-order valence-corrected chi connectivity index (χ0v) is 10.7. The molecule has 1 aliphatic carbocycles. The van der Waals surface area contributed by atoms with Crippen LogP contribution in [-0.4, -0.2) is 23.2 Å². The third-order valence-electron chi connectivity index (χ3n) is 3.04. The number of amides is 1. The normalized spacial score (nSPS) is 18.0. The van der Waals surface area contributed by atoms with Gasteiger partial charge in [-0.2, -0.15) is 0 Å². The van der Waals surface area contributed by atoms with Crippen molar-refractivity contribution >= 4 is 23.3 Å². The van der Waals surface area contributed by atoms with Crippen molar-refractivity contribution in [2.24, 2.45) is 0 Å². The summed E-state index contributed by atoms with van der Waals surface area (Å²) in [5.41, 5.74) is -0.650. The smallest absolute Gasteiger partial charge is 0.244 e. The van der Waals surface area contributed by atoms with Gasteiger partial charge in [-0.15, -0.1) is 11.3 Å². The fourth-order valence-electron chi connectivity index (χ4n) is 1.77. The van der Waals surface area contributed by atoms with Gasteiger partial charge in [-0.1, -0.05) is 0 Å². The number of aliphatic hydroxyl groups is 1. The van der Waals surface area contributed by atoms with E-state index in [9.17, 15) is 9.90 Å². The van der Waals surface area contributed by atoms with Crippen LogP contribution in [-0.2, 0) is 4.79 Å². The van der Waals surface area contributed by atoms with Crippen molar-refractivity contribution in [3.05, 3.63) is 28.0 Å². The molecule has 1 saturated carbocycles. The van der Waals surface area contributed by atoms with Gasteiger partial charge in [-0.3, -0.25) is 4.79 Å². The summed E-state index contributed by atoms with van der Waals surface area (Å²) >= 11 is 1.65. The minimum atomic E-state index is -0.650. The van der Waals surface area contributed by atoms with E-state index in [1.807, 2.05) is 19.1 Å². The first-order valence-corrected chi connectivity index (χ1v) is 6.64. The third kappa shape index (κ3) is 3.41. The predicted molar refractivity (Wildman–Crippen MR) is 69.9 cm³/mol. The van der Waals surface area contributed by atoms with Crippen LogP contribution in [0.5, 0.6) is 0 Å². The topological polar surface area (TPSA) is 49.3 Å². The molecule has 3 nitrogen and oxygen atoms in total. The number of hydrogen-bond acceptors (Lipinski definition) is 3. The maximum Gasteiger partial charge on any atom is 0.244 e. The van der Waals surface area contributed by atoms with Crippen molar-refractivity contribution in [3.8, 4) is 0 Å². The lowest BCUT2D eigenvalue weighted by Gasteiger charge is -2.36. The molecular formula is C13H17NO2S. The molecule has 1 fully saturated rings. The first-order chi connectivity index (χ1) is 8.07. The van der Waals surface area contributed by atoms with E-state index < -0.39 is 5.60 Å². The lowest BCUT2D eigenvalue weighted by atomic mass is 9.80. The van der Waals surface area contributed by atoms with E-state index in [1.165, 1.54) is 11.0 Å². The summed E-state index contributed by atoms with van der Waals surface area (Å²) in [6.07, 6.45) is 5.96. The van der Waals surface area contributed by atoms with E-state index in [0.29, 0.717) is 6.54 Å². The van der Waals surface area contributed by atoms with E-state index in [2.05, 4.69) is 5.32 Å². The molecule has 0 aromatic carbocycles. The van der Waals surface area contributed by atoms with E-state index >= 15 is 0 Å². The van der Waals surface area contributed by atoms with Crippen LogP contribution in [0, 0.1) is 6.92 Å². The Hall–Kier alpha value is -1.13. The van der Waals surface area contributed by atoms with Gasteiger partial charge >= 0.3 is 0 Å². The van der Waals surface area contributed by atoms with Crippen molar-refractivity contribution in [3.63, 3.8) is 0 Å². The molecule has 1 aliphatic rings. The van der Waals surface area contributed by atoms with Crippen LogP contribution in [0.25, 0.3) is 6.08 Å². The van der Waals surface area contributed by atoms with Gasteiger partial charge in [-0.05, 0) is 44.4 Å². The predicted octanol–water partition coefficient (Wildman–Crippen LogP) is 2.10. The van der Waals surface area contributed by atoms with E-state index in [0.717, 1.165) is 24.1 Å². The van der Waals surface area contributed by atoms with Gasteiger partial charge in [0.05, 0.1) is 5.60 Å². The molecular weight excluding hydrogens is 234 g/mol. The number of carbonyl (C=O) groups excluding carboxylic acids is 1. The SMILES string of the molecule is Cc1ccc(/C=C/C(=O)NCC2(O)CCC2)s1. The fraction of sp³-hybridized carbons (Fsp3) is 0.462. The van der Waals surface area contributed by atoms with Gasteiger partial charge in [0.15, 0.2) is 0 Å². The van der Waals surface area contributed by atoms with Crippen molar-refractivity contribution in [2.45, 2.75) is 31.8 Å². The van der Waals surface area contributed by atoms with Gasteiger partial charge in [-0.25, -0.2) is 0 Å². The van der Waals surface area contributed by atoms with Crippen molar-refractivity contribution in [2.75, 3.05) is 6.54 Å². The Balaban J connectivity index is 1.79. The summed E-state index contributed by atoms with van der Waals surface area (Å²) in [4.78, 5) is 13.8. The van der Waals surface area contributed by atoms with Crippen LogP contribution in [0.4, 0.5) is 0 Å². The molecule has 2 rings (SSSR count). The second-order valence-electron chi connectivity index (χ2n) is 4.58. The van der Waals surface area contributed by atoms with Gasteiger partial charge in [0.2, 0.25) is 5.91 Å². The highest BCUT2D eigenvalue weighted by Gasteiger charge is 2.34. The van der Waals surface area contributed by atoms with Crippen LogP contribution in [0.2, 0.25) is 0 Å². The highest BCUT2D eigenvalue weighted by molar-refractivity contribution is 7.12. The molecule has 0 saturated heterocycles. The van der Waals surface area contributed by atoms with Gasteiger partial charge in [0.25, 0.3) is 0 Å². The van der Waals surface area contributed by atoms with Crippen LogP contribution in [0.1, 0.15) is 29.0 Å². The summed E-state index contributed by atoms with van der Waals surface area (Å²) in [7, 11) is 0. The van der Waals surface area contributed by atoms with Gasteiger partial charge < -0.3 is 10.4 Å². The number of thiophene rings is 1. The fourth-order valence-corrected chi connectivity index (χ4v) is 2.55. The Morgan fingerprint density at radius 2 is 2.35 bits per heavy atom. The maximum absolute atomic E-state index is 11.5. The second kappa shape index (κ2) is 5.02. The molecule has 92 valence electrons. The zero-order chi connectivity index (χ0) is 12.3. The molecule has 0 unspecified atom stereocenters. The molecule has 4 heteroatoms. The summed E-state index contributed by atoms with van der Waals surface area (Å²) in [6.45, 7) is 2.40. The first-order valence-electron chi connectivity index (χ1n) is 5.82. The Bertz CT molecular complexity index is 432. The summed E-state index contributed by atoms with van der Waals surface area (Å²) in [5, 5.41) is 12.5. The Kier molecular flexibility index (Phi) is 3.64. The molecule has 1 amide bonds. The highest BCUT2D eigenvalue weighted by atomic mass is 32.1. The Morgan fingerprint density at radius 1 is 1.59 bits per heavy atom. The van der Waals surface area contributed by atoms with E-state index in [4.69, 9.17) is 0 Å². The molecule has 0 spiro atoms. The first kappa shape index (κ1) is 12.3. The van der Waals surface area contributed by atoms with Gasteiger partial charge in [0, 0.05) is 22.4 Å². The Labute approximate surface area is 105 Å². The van der Waals surface area contributed by atoms with Crippen LogP contribution >= 0.6 is 11.3 Å². The van der Waals surface area contributed by atoms with Crippen LogP contribution in [0.3, 0.4) is 0 Å². The minimum absolute atomic E-state index is 0.142. The quantitative estimate of drug-likeness (QED) is 0.805. The molecule has 0 radical (unpaired) electrons. The molecule has 0 bridgehead atoms. The molecule has 2 N–H and O–H groups in total. The molecule has 1 aromatic rings. The number of rotatable bonds is 4. The zero-order valence-electron chi connectivity index (χ0n) is 9.90. The molecule has 0 atom stereocenters. The number of carbonyl (C=O) groups is 1.